The molecule has 2 aromatic rings. The van der Waals surface area contributed by atoms with E-state index < -0.39 is 0 Å². The zero-order valence-corrected chi connectivity index (χ0v) is 8.24. The number of rotatable bonds is 2. The Labute approximate surface area is 86.3 Å². The lowest BCUT2D eigenvalue weighted by molar-refractivity contribution is 0.630. The Balaban J connectivity index is 2.42. The summed E-state index contributed by atoms with van der Waals surface area (Å²) in [5.74, 6) is 0.543. The van der Waals surface area contributed by atoms with Gasteiger partial charge in [0.15, 0.2) is 5.82 Å². The first-order valence-corrected chi connectivity index (χ1v) is 4.61. The molecule has 1 aromatic heterocycles. The number of H-pyrrole nitrogens is 1. The van der Waals surface area contributed by atoms with Gasteiger partial charge in [0.2, 0.25) is 0 Å². The van der Waals surface area contributed by atoms with Crippen molar-refractivity contribution in [2.24, 2.45) is 5.73 Å². The van der Waals surface area contributed by atoms with E-state index in [-0.39, 0.29) is 11.9 Å². The molecule has 0 aliphatic carbocycles. The molecule has 1 aromatic carbocycles. The van der Waals surface area contributed by atoms with Crippen LogP contribution in [-0.4, -0.2) is 15.2 Å². The van der Waals surface area contributed by atoms with Gasteiger partial charge in [-0.1, -0.05) is 12.1 Å². The SMILES string of the molecule is C[C@H](N)c1nc(-c2ccccc2F)n[nH]1. The number of benzene rings is 1. The van der Waals surface area contributed by atoms with Crippen LogP contribution in [0.15, 0.2) is 24.3 Å². The van der Waals surface area contributed by atoms with Crippen molar-refractivity contribution < 1.29 is 4.39 Å². The molecular formula is C10H11FN4. The number of hydrogen-bond acceptors (Lipinski definition) is 3. The smallest absolute Gasteiger partial charge is 0.184 e. The molecule has 0 spiro atoms. The van der Waals surface area contributed by atoms with Gasteiger partial charge >= 0.3 is 0 Å². The van der Waals surface area contributed by atoms with Crippen LogP contribution in [-0.2, 0) is 0 Å². The highest BCUT2D eigenvalue weighted by Gasteiger charge is 2.11. The maximum Gasteiger partial charge on any atom is 0.184 e. The van der Waals surface area contributed by atoms with Crippen molar-refractivity contribution in [2.45, 2.75) is 13.0 Å². The van der Waals surface area contributed by atoms with E-state index in [4.69, 9.17) is 5.73 Å². The van der Waals surface area contributed by atoms with Gasteiger partial charge in [0.05, 0.1) is 11.6 Å². The molecule has 1 atom stereocenters. The third-order valence-electron chi connectivity index (χ3n) is 2.05. The fraction of sp³-hybridized carbons (Fsp3) is 0.200. The van der Waals surface area contributed by atoms with Crippen LogP contribution in [0.1, 0.15) is 18.8 Å². The summed E-state index contributed by atoms with van der Waals surface area (Å²) in [6.45, 7) is 1.78. The van der Waals surface area contributed by atoms with Gasteiger partial charge in [0.1, 0.15) is 11.6 Å². The van der Waals surface area contributed by atoms with Gasteiger partial charge in [-0.25, -0.2) is 9.37 Å². The first-order chi connectivity index (χ1) is 7.18. The van der Waals surface area contributed by atoms with Crippen LogP contribution in [0.2, 0.25) is 0 Å². The topological polar surface area (TPSA) is 67.6 Å². The molecule has 4 nitrogen and oxygen atoms in total. The Morgan fingerprint density at radius 1 is 1.40 bits per heavy atom. The van der Waals surface area contributed by atoms with E-state index in [0.29, 0.717) is 17.2 Å². The van der Waals surface area contributed by atoms with Gasteiger partial charge in [-0.05, 0) is 19.1 Å². The van der Waals surface area contributed by atoms with E-state index in [1.54, 1.807) is 25.1 Å². The molecule has 0 aliphatic heterocycles. The standard InChI is InChI=1S/C10H11FN4/c1-6(12)9-13-10(15-14-9)7-4-2-3-5-8(7)11/h2-6H,12H2,1H3,(H,13,14,15)/t6-/m0/s1. The monoisotopic (exact) mass is 206 g/mol. The van der Waals surface area contributed by atoms with Crippen molar-refractivity contribution in [1.29, 1.82) is 0 Å². The summed E-state index contributed by atoms with van der Waals surface area (Å²) in [5.41, 5.74) is 5.99. The summed E-state index contributed by atoms with van der Waals surface area (Å²) in [6, 6.07) is 6.12. The van der Waals surface area contributed by atoms with E-state index in [2.05, 4.69) is 15.2 Å². The van der Waals surface area contributed by atoms with Gasteiger partial charge in [0.25, 0.3) is 0 Å². The second-order valence-corrected chi connectivity index (χ2v) is 3.31. The van der Waals surface area contributed by atoms with Gasteiger partial charge in [0, 0.05) is 0 Å². The molecule has 0 radical (unpaired) electrons. The van der Waals surface area contributed by atoms with Crippen LogP contribution in [0.25, 0.3) is 11.4 Å². The highest BCUT2D eigenvalue weighted by Crippen LogP contribution is 2.19. The third kappa shape index (κ3) is 1.87. The van der Waals surface area contributed by atoms with Gasteiger partial charge < -0.3 is 5.73 Å². The molecule has 0 saturated carbocycles. The first kappa shape index (κ1) is 9.79. The van der Waals surface area contributed by atoms with Crippen molar-refractivity contribution in [2.75, 3.05) is 0 Å². The van der Waals surface area contributed by atoms with Crippen LogP contribution >= 0.6 is 0 Å². The van der Waals surface area contributed by atoms with E-state index in [0.717, 1.165) is 0 Å². The molecule has 0 unspecified atom stereocenters. The molecule has 78 valence electrons. The summed E-state index contributed by atoms with van der Waals surface area (Å²) in [4.78, 5) is 4.11. The molecule has 0 saturated heterocycles. The van der Waals surface area contributed by atoms with Crippen LogP contribution in [0, 0.1) is 5.82 Å². The summed E-state index contributed by atoms with van der Waals surface area (Å²) in [5, 5.41) is 6.59. The van der Waals surface area contributed by atoms with Crippen LogP contribution in [0.5, 0.6) is 0 Å². The number of nitrogens with one attached hydrogen (secondary N) is 1. The Hall–Kier alpha value is -1.75. The summed E-state index contributed by atoms with van der Waals surface area (Å²) < 4.78 is 13.4. The molecule has 5 heteroatoms. The summed E-state index contributed by atoms with van der Waals surface area (Å²) >= 11 is 0. The average molecular weight is 206 g/mol. The largest absolute Gasteiger partial charge is 0.322 e. The van der Waals surface area contributed by atoms with Crippen molar-refractivity contribution in [3.63, 3.8) is 0 Å². The molecule has 0 bridgehead atoms. The molecule has 0 aliphatic rings. The second-order valence-electron chi connectivity index (χ2n) is 3.31. The number of nitrogens with zero attached hydrogens (tertiary/aromatic N) is 2. The first-order valence-electron chi connectivity index (χ1n) is 4.61. The molecule has 2 rings (SSSR count). The zero-order chi connectivity index (χ0) is 10.8. The summed E-state index contributed by atoms with van der Waals surface area (Å²) in [7, 11) is 0. The van der Waals surface area contributed by atoms with E-state index in [9.17, 15) is 4.39 Å². The molecule has 0 amide bonds. The minimum absolute atomic E-state index is 0.238. The number of halogens is 1. The molecule has 0 fully saturated rings. The minimum Gasteiger partial charge on any atom is -0.322 e. The quantitative estimate of drug-likeness (QED) is 0.784. The molecular weight excluding hydrogens is 195 g/mol. The van der Waals surface area contributed by atoms with Crippen molar-refractivity contribution in [1.82, 2.24) is 15.2 Å². The number of nitrogens with two attached hydrogens (primary N) is 1. The van der Waals surface area contributed by atoms with Gasteiger partial charge in [-0.15, -0.1) is 0 Å². The number of aromatic amines is 1. The Morgan fingerprint density at radius 3 is 2.73 bits per heavy atom. The lowest BCUT2D eigenvalue weighted by Gasteiger charge is -1.97. The lowest BCUT2D eigenvalue weighted by Crippen LogP contribution is -2.06. The van der Waals surface area contributed by atoms with E-state index in [1.807, 2.05) is 0 Å². The number of aromatic nitrogens is 3. The highest BCUT2D eigenvalue weighted by molar-refractivity contribution is 5.55. The lowest BCUT2D eigenvalue weighted by atomic mass is 10.2. The van der Waals surface area contributed by atoms with E-state index in [1.165, 1.54) is 6.07 Å². The zero-order valence-electron chi connectivity index (χ0n) is 8.24. The van der Waals surface area contributed by atoms with Crippen LogP contribution < -0.4 is 5.73 Å². The predicted octanol–water partition coefficient (Wildman–Crippen LogP) is 1.63. The van der Waals surface area contributed by atoms with Gasteiger partial charge in [-0.3, -0.25) is 5.10 Å². The van der Waals surface area contributed by atoms with Crippen molar-refractivity contribution in [3.05, 3.63) is 35.9 Å². The fourth-order valence-corrected chi connectivity index (χ4v) is 1.24. The summed E-state index contributed by atoms with van der Waals surface area (Å²) in [6.07, 6.45) is 0. The van der Waals surface area contributed by atoms with E-state index >= 15 is 0 Å². The van der Waals surface area contributed by atoms with Gasteiger partial charge in [-0.2, -0.15) is 5.10 Å². The fourth-order valence-electron chi connectivity index (χ4n) is 1.24. The van der Waals surface area contributed by atoms with Crippen LogP contribution in [0.4, 0.5) is 4.39 Å². The maximum atomic E-state index is 13.4. The Morgan fingerprint density at radius 2 is 2.13 bits per heavy atom. The highest BCUT2D eigenvalue weighted by atomic mass is 19.1. The van der Waals surface area contributed by atoms with Crippen molar-refractivity contribution >= 4 is 0 Å². The molecule has 15 heavy (non-hydrogen) atoms. The second kappa shape index (κ2) is 3.78. The van der Waals surface area contributed by atoms with Crippen LogP contribution in [0.3, 0.4) is 0 Å². The molecule has 3 N–H and O–H groups in total. The predicted molar refractivity (Wildman–Crippen MR) is 54.4 cm³/mol. The third-order valence-corrected chi connectivity index (χ3v) is 2.05. The van der Waals surface area contributed by atoms with Crippen molar-refractivity contribution in [3.8, 4) is 11.4 Å². The minimum atomic E-state index is -0.340. The molecule has 1 heterocycles. The maximum absolute atomic E-state index is 13.4. The Kier molecular flexibility index (Phi) is 2.47. The normalized spacial score (nSPS) is 12.7. The number of hydrogen-bond donors (Lipinski definition) is 2. The Bertz CT molecular complexity index is 464. The average Bonchev–Trinajstić information content (AvgIpc) is 2.67.